The minimum absolute atomic E-state index is 0.0251. The molecule has 1 aliphatic carbocycles. The van der Waals surface area contributed by atoms with Gasteiger partial charge in [-0.3, -0.25) is 9.59 Å². The van der Waals surface area contributed by atoms with Gasteiger partial charge in [-0.05, 0) is 49.9 Å². The summed E-state index contributed by atoms with van der Waals surface area (Å²) in [5.41, 5.74) is 2.28. The van der Waals surface area contributed by atoms with Gasteiger partial charge in [-0.15, -0.1) is 0 Å². The molecular formula is C23H26N4O2. The van der Waals surface area contributed by atoms with Crippen molar-refractivity contribution in [1.82, 2.24) is 14.9 Å². The van der Waals surface area contributed by atoms with Gasteiger partial charge in [-0.25, -0.2) is 4.98 Å². The Kier molecular flexibility index (Phi) is 4.57. The molecule has 1 unspecified atom stereocenters. The highest BCUT2D eigenvalue weighted by molar-refractivity contribution is 5.94. The number of nitrogens with zero attached hydrogens (tertiary/aromatic N) is 3. The predicted molar refractivity (Wildman–Crippen MR) is 110 cm³/mol. The van der Waals surface area contributed by atoms with Crippen molar-refractivity contribution >= 4 is 5.91 Å². The number of carbonyl (C=O) groups excluding carboxylic acids is 1. The Morgan fingerprint density at radius 1 is 1.24 bits per heavy atom. The lowest BCUT2D eigenvalue weighted by Gasteiger charge is -2.40. The molecule has 6 heteroatoms. The van der Waals surface area contributed by atoms with Crippen molar-refractivity contribution in [1.29, 1.82) is 5.26 Å². The van der Waals surface area contributed by atoms with Crippen LogP contribution in [0.4, 0.5) is 0 Å². The number of benzene rings is 1. The van der Waals surface area contributed by atoms with Gasteiger partial charge in [-0.2, -0.15) is 5.26 Å². The quantitative estimate of drug-likeness (QED) is 0.810. The largest absolute Gasteiger partial charge is 0.338 e. The number of H-pyrrole nitrogens is 1. The predicted octanol–water partition coefficient (Wildman–Crippen LogP) is 3.06. The van der Waals surface area contributed by atoms with Gasteiger partial charge in [0.15, 0.2) is 0 Å². The summed E-state index contributed by atoms with van der Waals surface area (Å²) in [6.07, 6.45) is 3.39. The summed E-state index contributed by atoms with van der Waals surface area (Å²) in [6, 6.07) is 8.86. The number of likely N-dealkylation sites (tertiary alicyclic amines) is 1. The molecule has 1 spiro atoms. The molecule has 29 heavy (non-hydrogen) atoms. The molecule has 6 nitrogen and oxygen atoms in total. The Bertz CT molecular complexity index is 1060. The first kappa shape index (κ1) is 19.4. The molecule has 2 heterocycles. The highest BCUT2D eigenvalue weighted by atomic mass is 16.2. The van der Waals surface area contributed by atoms with Crippen LogP contribution in [0.25, 0.3) is 0 Å². The minimum Gasteiger partial charge on any atom is -0.338 e. The smallest absolute Gasteiger partial charge is 0.254 e. The fraction of sp³-hybridized carbons (Fsp3) is 0.478. The normalized spacial score (nSPS) is 21.1. The number of aromatic amines is 1. The zero-order valence-electron chi connectivity index (χ0n) is 17.2. The van der Waals surface area contributed by atoms with Gasteiger partial charge in [0, 0.05) is 35.0 Å². The Hall–Kier alpha value is -2.94. The Labute approximate surface area is 170 Å². The second kappa shape index (κ2) is 6.84. The Morgan fingerprint density at radius 3 is 2.62 bits per heavy atom. The SMILES string of the molecule is CC(C)(C)c1nc2c(c(=O)[nH]1)CCC21CCCN(C(=O)c2ccc(C#N)cc2)C1. The van der Waals surface area contributed by atoms with Gasteiger partial charge < -0.3 is 9.88 Å². The van der Waals surface area contributed by atoms with Gasteiger partial charge in [0.05, 0.1) is 17.3 Å². The molecule has 0 bridgehead atoms. The van der Waals surface area contributed by atoms with Gasteiger partial charge in [0.25, 0.3) is 11.5 Å². The molecule has 150 valence electrons. The number of nitrogens with one attached hydrogen (secondary N) is 1. The van der Waals surface area contributed by atoms with Crippen LogP contribution >= 0.6 is 0 Å². The summed E-state index contributed by atoms with van der Waals surface area (Å²) in [5, 5.41) is 8.97. The standard InChI is InChI=1S/C23H26N4O2/c1-22(2,3)21-25-18-17(19(28)26-21)9-11-23(18)10-4-12-27(14-23)20(29)16-7-5-15(13-24)6-8-16/h5-8H,4,9-12,14H2,1-3H3,(H,25,26,28). The summed E-state index contributed by atoms with van der Waals surface area (Å²) < 4.78 is 0. The number of aromatic nitrogens is 2. The van der Waals surface area contributed by atoms with Crippen LogP contribution in [0.5, 0.6) is 0 Å². The summed E-state index contributed by atoms with van der Waals surface area (Å²) in [4.78, 5) is 35.6. The van der Waals surface area contributed by atoms with Crippen molar-refractivity contribution in [2.75, 3.05) is 13.1 Å². The summed E-state index contributed by atoms with van der Waals surface area (Å²) >= 11 is 0. The third-order valence-electron chi connectivity index (χ3n) is 6.21. The van der Waals surface area contributed by atoms with E-state index in [2.05, 4.69) is 11.1 Å². The van der Waals surface area contributed by atoms with Gasteiger partial charge >= 0.3 is 0 Å². The number of hydrogen-bond acceptors (Lipinski definition) is 4. The van der Waals surface area contributed by atoms with Gasteiger partial charge in [-0.1, -0.05) is 20.8 Å². The van der Waals surface area contributed by atoms with E-state index < -0.39 is 0 Å². The fourth-order valence-corrected chi connectivity index (χ4v) is 4.58. The number of fused-ring (bicyclic) bond motifs is 2. The van der Waals surface area contributed by atoms with Crippen LogP contribution in [-0.4, -0.2) is 33.9 Å². The van der Waals surface area contributed by atoms with Crippen LogP contribution in [0.2, 0.25) is 0 Å². The second-order valence-corrected chi connectivity index (χ2v) is 9.29. The van der Waals surface area contributed by atoms with Gasteiger partial charge in [0.1, 0.15) is 5.82 Å². The third-order valence-corrected chi connectivity index (χ3v) is 6.21. The van der Waals surface area contributed by atoms with Crippen molar-refractivity contribution < 1.29 is 4.79 Å². The zero-order chi connectivity index (χ0) is 20.8. The van der Waals surface area contributed by atoms with E-state index in [0.29, 0.717) is 36.5 Å². The van der Waals surface area contributed by atoms with E-state index in [9.17, 15) is 9.59 Å². The average Bonchev–Trinajstić information content (AvgIpc) is 3.05. The van der Waals surface area contributed by atoms with Crippen LogP contribution in [0.15, 0.2) is 29.1 Å². The lowest BCUT2D eigenvalue weighted by atomic mass is 9.77. The fourth-order valence-electron chi connectivity index (χ4n) is 4.58. The topological polar surface area (TPSA) is 89.8 Å². The first-order valence-electron chi connectivity index (χ1n) is 10.2. The average molecular weight is 390 g/mol. The van der Waals surface area contributed by atoms with Crippen molar-refractivity contribution in [3.63, 3.8) is 0 Å². The third kappa shape index (κ3) is 3.35. The van der Waals surface area contributed by atoms with E-state index in [4.69, 9.17) is 10.2 Å². The molecular weight excluding hydrogens is 364 g/mol. The second-order valence-electron chi connectivity index (χ2n) is 9.29. The molecule has 0 saturated carbocycles. The first-order chi connectivity index (χ1) is 13.7. The lowest BCUT2D eigenvalue weighted by molar-refractivity contribution is 0.0633. The van der Waals surface area contributed by atoms with Crippen LogP contribution in [0.3, 0.4) is 0 Å². The molecule has 1 aromatic carbocycles. The summed E-state index contributed by atoms with van der Waals surface area (Å²) in [7, 11) is 0. The molecule has 1 aromatic heterocycles. The number of piperidine rings is 1. The van der Waals surface area contributed by atoms with Gasteiger partial charge in [0.2, 0.25) is 0 Å². The number of hydrogen-bond donors (Lipinski definition) is 1. The zero-order valence-corrected chi connectivity index (χ0v) is 17.2. The Balaban J connectivity index is 1.67. The molecule has 4 rings (SSSR count). The maximum absolute atomic E-state index is 13.1. The van der Waals surface area contributed by atoms with E-state index in [0.717, 1.165) is 30.5 Å². The van der Waals surface area contributed by atoms with Crippen molar-refractivity contribution in [3.05, 3.63) is 62.8 Å². The highest BCUT2D eigenvalue weighted by Crippen LogP contribution is 2.43. The maximum Gasteiger partial charge on any atom is 0.254 e. The molecule has 2 aromatic rings. The van der Waals surface area contributed by atoms with E-state index in [1.165, 1.54) is 0 Å². The molecule has 0 radical (unpaired) electrons. The summed E-state index contributed by atoms with van der Waals surface area (Å²) in [6.45, 7) is 7.41. The lowest BCUT2D eigenvalue weighted by Crippen LogP contribution is -2.48. The molecule has 1 atom stereocenters. The highest BCUT2D eigenvalue weighted by Gasteiger charge is 2.46. The Morgan fingerprint density at radius 2 is 1.97 bits per heavy atom. The molecule has 1 fully saturated rings. The van der Waals surface area contributed by atoms with Crippen LogP contribution in [0, 0.1) is 11.3 Å². The summed E-state index contributed by atoms with van der Waals surface area (Å²) in [5.74, 6) is 0.681. The van der Waals surface area contributed by atoms with E-state index in [1.807, 2.05) is 25.7 Å². The maximum atomic E-state index is 13.1. The van der Waals surface area contributed by atoms with E-state index in [1.54, 1.807) is 24.3 Å². The molecule has 1 N–H and O–H groups in total. The molecule has 1 aliphatic heterocycles. The molecule has 2 aliphatic rings. The van der Waals surface area contributed by atoms with Crippen molar-refractivity contribution in [2.24, 2.45) is 0 Å². The van der Waals surface area contributed by atoms with Crippen molar-refractivity contribution in [3.8, 4) is 6.07 Å². The van der Waals surface area contributed by atoms with Crippen molar-refractivity contribution in [2.45, 2.75) is 57.3 Å². The first-order valence-corrected chi connectivity index (χ1v) is 10.2. The van der Waals surface area contributed by atoms with Crippen LogP contribution < -0.4 is 5.56 Å². The van der Waals surface area contributed by atoms with E-state index in [-0.39, 0.29) is 22.3 Å². The van der Waals surface area contributed by atoms with Crippen LogP contribution in [0.1, 0.15) is 73.0 Å². The van der Waals surface area contributed by atoms with E-state index >= 15 is 0 Å². The number of amides is 1. The number of carbonyl (C=O) groups is 1. The van der Waals surface area contributed by atoms with Crippen LogP contribution in [-0.2, 0) is 17.3 Å². The monoisotopic (exact) mass is 390 g/mol. The molecule has 1 amide bonds. The minimum atomic E-state index is -0.246. The molecule has 1 saturated heterocycles. The number of rotatable bonds is 1. The number of nitriles is 1.